The number of aromatic carboxylic acids is 1. The first-order chi connectivity index (χ1) is 6.60. The normalized spacial score (nSPS) is 9.93. The molecule has 0 aliphatic rings. The highest BCUT2D eigenvalue weighted by atomic mass is 19.1. The number of carboxylic acid groups (broad SMARTS) is 1. The number of hydrogen-bond donors (Lipinski definition) is 2. The quantitative estimate of drug-likeness (QED) is 0.764. The van der Waals surface area contributed by atoms with Crippen molar-refractivity contribution in [2.45, 2.75) is 6.61 Å². The molecule has 0 heterocycles. The fraction of sp³-hybridized carbons (Fsp3) is 0.222. The standard InChI is InChI=1S/C9H9FO4/c1-14-8-6(9(12)13)2-5(4-11)3-7(8)10/h2-3,11H,4H2,1H3,(H,12,13). The molecule has 0 spiro atoms. The second-order valence-corrected chi connectivity index (χ2v) is 2.62. The van der Waals surface area contributed by atoms with Crippen molar-refractivity contribution in [2.24, 2.45) is 0 Å². The smallest absolute Gasteiger partial charge is 0.339 e. The van der Waals surface area contributed by atoms with Crippen LogP contribution >= 0.6 is 0 Å². The third-order valence-corrected chi connectivity index (χ3v) is 1.72. The van der Waals surface area contributed by atoms with Gasteiger partial charge in [0, 0.05) is 0 Å². The van der Waals surface area contributed by atoms with E-state index in [1.165, 1.54) is 13.2 Å². The van der Waals surface area contributed by atoms with E-state index in [1.54, 1.807) is 0 Å². The number of aliphatic hydroxyl groups excluding tert-OH is 1. The lowest BCUT2D eigenvalue weighted by Gasteiger charge is -2.07. The third kappa shape index (κ3) is 1.82. The summed E-state index contributed by atoms with van der Waals surface area (Å²) < 4.78 is 17.8. The third-order valence-electron chi connectivity index (χ3n) is 1.72. The second-order valence-electron chi connectivity index (χ2n) is 2.62. The predicted octanol–water partition coefficient (Wildman–Crippen LogP) is 1.02. The van der Waals surface area contributed by atoms with Crippen LogP contribution in [-0.2, 0) is 6.61 Å². The van der Waals surface area contributed by atoms with E-state index in [9.17, 15) is 9.18 Å². The van der Waals surface area contributed by atoms with Crippen molar-refractivity contribution in [3.63, 3.8) is 0 Å². The van der Waals surface area contributed by atoms with Gasteiger partial charge in [0.2, 0.25) is 0 Å². The Morgan fingerprint density at radius 3 is 2.64 bits per heavy atom. The first-order valence-corrected chi connectivity index (χ1v) is 3.80. The Balaban J connectivity index is 3.35. The maximum Gasteiger partial charge on any atom is 0.339 e. The molecule has 5 heteroatoms. The SMILES string of the molecule is COc1c(F)cc(CO)cc1C(=O)O. The molecule has 4 nitrogen and oxygen atoms in total. The monoisotopic (exact) mass is 200 g/mol. The Kier molecular flexibility index (Phi) is 3.03. The van der Waals surface area contributed by atoms with Crippen molar-refractivity contribution >= 4 is 5.97 Å². The zero-order valence-corrected chi connectivity index (χ0v) is 7.45. The van der Waals surface area contributed by atoms with Crippen molar-refractivity contribution in [3.05, 3.63) is 29.1 Å². The number of benzene rings is 1. The van der Waals surface area contributed by atoms with Gasteiger partial charge in [-0.25, -0.2) is 9.18 Å². The molecule has 0 radical (unpaired) electrons. The highest BCUT2D eigenvalue weighted by Crippen LogP contribution is 2.24. The van der Waals surface area contributed by atoms with Gasteiger partial charge >= 0.3 is 5.97 Å². The van der Waals surface area contributed by atoms with Gasteiger partial charge < -0.3 is 14.9 Å². The molecule has 0 amide bonds. The van der Waals surface area contributed by atoms with Gasteiger partial charge in [-0.1, -0.05) is 0 Å². The molecule has 0 atom stereocenters. The first kappa shape index (κ1) is 10.5. The number of halogens is 1. The van der Waals surface area contributed by atoms with E-state index in [1.807, 2.05) is 0 Å². The number of carbonyl (C=O) groups is 1. The van der Waals surface area contributed by atoms with E-state index in [2.05, 4.69) is 4.74 Å². The molecule has 76 valence electrons. The predicted molar refractivity (Wildman–Crippen MR) is 45.8 cm³/mol. The van der Waals surface area contributed by atoms with Crippen molar-refractivity contribution in [2.75, 3.05) is 7.11 Å². The second kappa shape index (κ2) is 4.06. The number of hydrogen-bond acceptors (Lipinski definition) is 3. The van der Waals surface area contributed by atoms with Crippen molar-refractivity contribution < 1.29 is 24.1 Å². The Morgan fingerprint density at radius 2 is 2.21 bits per heavy atom. The number of aliphatic hydroxyl groups is 1. The van der Waals surface area contributed by atoms with Gasteiger partial charge in [-0.15, -0.1) is 0 Å². The van der Waals surface area contributed by atoms with Crippen molar-refractivity contribution in [1.29, 1.82) is 0 Å². The highest BCUT2D eigenvalue weighted by Gasteiger charge is 2.16. The molecule has 0 saturated heterocycles. The average molecular weight is 200 g/mol. The molecule has 1 aromatic rings. The molecule has 0 unspecified atom stereocenters. The summed E-state index contributed by atoms with van der Waals surface area (Å²) in [5, 5.41) is 17.4. The van der Waals surface area contributed by atoms with Crippen LogP contribution in [0.25, 0.3) is 0 Å². The van der Waals surface area contributed by atoms with E-state index in [0.717, 1.165) is 6.07 Å². The van der Waals surface area contributed by atoms with Crippen LogP contribution in [0.1, 0.15) is 15.9 Å². The van der Waals surface area contributed by atoms with Gasteiger partial charge in [-0.2, -0.15) is 0 Å². The van der Waals surface area contributed by atoms with Crippen LogP contribution in [-0.4, -0.2) is 23.3 Å². The number of carboxylic acids is 1. The summed E-state index contributed by atoms with van der Waals surface area (Å²) in [5.41, 5.74) is -0.0998. The lowest BCUT2D eigenvalue weighted by Crippen LogP contribution is -2.04. The lowest BCUT2D eigenvalue weighted by molar-refractivity contribution is 0.0692. The highest BCUT2D eigenvalue weighted by molar-refractivity contribution is 5.91. The molecule has 0 aliphatic carbocycles. The number of rotatable bonds is 3. The average Bonchev–Trinajstić information content (AvgIpc) is 2.16. The van der Waals surface area contributed by atoms with Gasteiger partial charge in [-0.05, 0) is 17.7 Å². The topological polar surface area (TPSA) is 66.8 Å². The molecule has 0 saturated carbocycles. The minimum Gasteiger partial charge on any atom is -0.493 e. The molecular weight excluding hydrogens is 191 g/mol. The minimum absolute atomic E-state index is 0.195. The van der Waals surface area contributed by atoms with E-state index < -0.39 is 18.4 Å². The Hall–Kier alpha value is -1.62. The fourth-order valence-electron chi connectivity index (χ4n) is 1.11. The summed E-state index contributed by atoms with van der Waals surface area (Å²) >= 11 is 0. The molecule has 0 bridgehead atoms. The maximum atomic E-state index is 13.2. The molecule has 1 aromatic carbocycles. The minimum atomic E-state index is -1.30. The van der Waals surface area contributed by atoms with Crippen molar-refractivity contribution in [3.8, 4) is 5.75 Å². The van der Waals surface area contributed by atoms with E-state index in [0.29, 0.717) is 0 Å². The zero-order chi connectivity index (χ0) is 10.7. The Labute approximate surface area is 79.6 Å². The fourth-order valence-corrected chi connectivity index (χ4v) is 1.11. The van der Waals surface area contributed by atoms with Gasteiger partial charge in [0.15, 0.2) is 11.6 Å². The molecular formula is C9H9FO4. The van der Waals surface area contributed by atoms with E-state index in [-0.39, 0.29) is 16.9 Å². The van der Waals surface area contributed by atoms with Gasteiger partial charge in [0.1, 0.15) is 5.56 Å². The van der Waals surface area contributed by atoms with Crippen LogP contribution in [0.2, 0.25) is 0 Å². The van der Waals surface area contributed by atoms with Crippen LogP contribution in [0.3, 0.4) is 0 Å². The van der Waals surface area contributed by atoms with E-state index >= 15 is 0 Å². The van der Waals surface area contributed by atoms with Crippen LogP contribution in [0.5, 0.6) is 5.75 Å². The number of ether oxygens (including phenoxy) is 1. The largest absolute Gasteiger partial charge is 0.493 e. The maximum absolute atomic E-state index is 13.2. The zero-order valence-electron chi connectivity index (χ0n) is 7.45. The van der Waals surface area contributed by atoms with Crippen molar-refractivity contribution in [1.82, 2.24) is 0 Å². The van der Waals surface area contributed by atoms with Gasteiger partial charge in [0.25, 0.3) is 0 Å². The molecule has 14 heavy (non-hydrogen) atoms. The van der Waals surface area contributed by atoms with Crippen LogP contribution in [0.4, 0.5) is 4.39 Å². The summed E-state index contributed by atoms with van der Waals surface area (Å²) in [5.74, 6) is -2.41. The van der Waals surface area contributed by atoms with Gasteiger partial charge in [0.05, 0.1) is 13.7 Å². The molecule has 2 N–H and O–H groups in total. The molecule has 0 aromatic heterocycles. The number of methoxy groups -OCH3 is 1. The molecule has 0 fully saturated rings. The summed E-state index contributed by atoms with van der Waals surface area (Å²) in [6, 6.07) is 2.20. The van der Waals surface area contributed by atoms with Gasteiger partial charge in [-0.3, -0.25) is 0 Å². The van der Waals surface area contributed by atoms with Crippen LogP contribution in [0, 0.1) is 5.82 Å². The summed E-state index contributed by atoms with van der Waals surface area (Å²) in [6.45, 7) is -0.415. The van der Waals surface area contributed by atoms with Crippen LogP contribution < -0.4 is 4.74 Å². The Bertz CT molecular complexity index is 362. The summed E-state index contributed by atoms with van der Waals surface area (Å²) in [4.78, 5) is 10.7. The summed E-state index contributed by atoms with van der Waals surface area (Å²) in [6.07, 6.45) is 0. The van der Waals surface area contributed by atoms with E-state index in [4.69, 9.17) is 10.2 Å². The van der Waals surface area contributed by atoms with Crippen LogP contribution in [0.15, 0.2) is 12.1 Å². The molecule has 0 aliphatic heterocycles. The summed E-state index contributed by atoms with van der Waals surface area (Å²) in [7, 11) is 1.18. The Morgan fingerprint density at radius 1 is 1.57 bits per heavy atom. The first-order valence-electron chi connectivity index (χ1n) is 3.80. The molecule has 1 rings (SSSR count). The lowest BCUT2D eigenvalue weighted by atomic mass is 10.1.